The molecule has 1 atom stereocenters. The molecule has 0 aromatic heterocycles. The van der Waals surface area contributed by atoms with Gasteiger partial charge in [0.2, 0.25) is 10.0 Å². The first-order chi connectivity index (χ1) is 11.0. The van der Waals surface area contributed by atoms with E-state index >= 15 is 0 Å². The van der Waals surface area contributed by atoms with Crippen LogP contribution in [0, 0.1) is 12.7 Å². The summed E-state index contributed by atoms with van der Waals surface area (Å²) in [6.07, 6.45) is -0.386. The van der Waals surface area contributed by atoms with Gasteiger partial charge < -0.3 is 4.74 Å². The first kappa shape index (κ1) is 16.1. The molecule has 0 bridgehead atoms. The third kappa shape index (κ3) is 3.29. The van der Waals surface area contributed by atoms with E-state index < -0.39 is 10.0 Å². The fraction of sp³-hybridized carbons (Fsp3) is 0.294. The van der Waals surface area contributed by atoms with Gasteiger partial charge in [0.25, 0.3) is 0 Å². The number of aryl methyl sites for hydroxylation is 1. The van der Waals surface area contributed by atoms with Crippen LogP contribution in [0.1, 0.15) is 17.2 Å². The predicted molar refractivity (Wildman–Crippen MR) is 85.0 cm³/mol. The second kappa shape index (κ2) is 6.39. The standard InChI is InChI=1S/C17H18FNO3S/c1-13-4-2-3-5-17(13)23(20,21)19-10-11-22-16(12-19)14-6-8-15(18)9-7-14/h2-9,16H,10-12H2,1H3. The normalized spacial score (nSPS) is 19.7. The molecule has 122 valence electrons. The molecule has 1 unspecified atom stereocenters. The molecule has 0 saturated carbocycles. The summed E-state index contributed by atoms with van der Waals surface area (Å²) in [5.74, 6) is -0.325. The number of sulfonamides is 1. The monoisotopic (exact) mass is 335 g/mol. The van der Waals surface area contributed by atoms with Gasteiger partial charge in [0, 0.05) is 13.1 Å². The number of morpholine rings is 1. The highest BCUT2D eigenvalue weighted by Gasteiger charge is 2.32. The van der Waals surface area contributed by atoms with Gasteiger partial charge in [-0.3, -0.25) is 0 Å². The Morgan fingerprint density at radius 1 is 1.13 bits per heavy atom. The molecule has 6 heteroatoms. The van der Waals surface area contributed by atoms with Crippen molar-refractivity contribution < 1.29 is 17.5 Å². The molecule has 1 fully saturated rings. The highest BCUT2D eigenvalue weighted by Crippen LogP contribution is 2.27. The van der Waals surface area contributed by atoms with E-state index in [0.717, 1.165) is 11.1 Å². The molecule has 0 spiro atoms. The summed E-state index contributed by atoms with van der Waals surface area (Å²) in [5.41, 5.74) is 1.49. The highest BCUT2D eigenvalue weighted by molar-refractivity contribution is 7.89. The molecule has 1 saturated heterocycles. The molecule has 2 aromatic rings. The lowest BCUT2D eigenvalue weighted by atomic mass is 10.1. The van der Waals surface area contributed by atoms with Crippen molar-refractivity contribution in [1.82, 2.24) is 4.31 Å². The van der Waals surface area contributed by atoms with Crippen LogP contribution < -0.4 is 0 Å². The van der Waals surface area contributed by atoms with Gasteiger partial charge in [0.1, 0.15) is 5.82 Å². The van der Waals surface area contributed by atoms with Crippen molar-refractivity contribution in [2.75, 3.05) is 19.7 Å². The second-order valence-electron chi connectivity index (χ2n) is 5.54. The lowest BCUT2D eigenvalue weighted by Gasteiger charge is -2.32. The summed E-state index contributed by atoms with van der Waals surface area (Å²) in [6, 6.07) is 12.9. The number of benzene rings is 2. The molecule has 1 heterocycles. The predicted octanol–water partition coefficient (Wildman–Crippen LogP) is 2.90. The molecule has 0 amide bonds. The number of hydrogen-bond donors (Lipinski definition) is 0. The van der Waals surface area contributed by atoms with Crippen molar-refractivity contribution >= 4 is 10.0 Å². The van der Waals surface area contributed by atoms with Gasteiger partial charge in [0.05, 0.1) is 17.6 Å². The van der Waals surface area contributed by atoms with Crippen LogP contribution >= 0.6 is 0 Å². The maximum absolute atomic E-state index is 13.0. The third-order valence-corrected chi connectivity index (χ3v) is 6.01. The van der Waals surface area contributed by atoms with Crippen LogP contribution in [-0.4, -0.2) is 32.4 Å². The van der Waals surface area contributed by atoms with E-state index in [4.69, 9.17) is 4.74 Å². The Labute approximate surface area is 135 Å². The Bertz CT molecular complexity index is 790. The Morgan fingerprint density at radius 2 is 1.83 bits per heavy atom. The number of hydrogen-bond acceptors (Lipinski definition) is 3. The van der Waals surface area contributed by atoms with Crippen LogP contribution in [0.2, 0.25) is 0 Å². The summed E-state index contributed by atoms with van der Waals surface area (Å²) in [4.78, 5) is 0.319. The summed E-state index contributed by atoms with van der Waals surface area (Å²) in [6.45, 7) is 2.63. The lowest BCUT2D eigenvalue weighted by molar-refractivity contribution is -0.00259. The zero-order valence-electron chi connectivity index (χ0n) is 12.8. The van der Waals surface area contributed by atoms with Crippen molar-refractivity contribution in [2.45, 2.75) is 17.9 Å². The highest BCUT2D eigenvalue weighted by atomic mass is 32.2. The van der Waals surface area contributed by atoms with E-state index in [1.54, 1.807) is 37.3 Å². The van der Waals surface area contributed by atoms with E-state index in [0.29, 0.717) is 18.0 Å². The van der Waals surface area contributed by atoms with Gasteiger partial charge in [-0.05, 0) is 36.2 Å². The fourth-order valence-corrected chi connectivity index (χ4v) is 4.36. The zero-order chi connectivity index (χ0) is 16.4. The van der Waals surface area contributed by atoms with E-state index in [1.165, 1.54) is 16.4 Å². The van der Waals surface area contributed by atoms with E-state index in [9.17, 15) is 12.8 Å². The first-order valence-electron chi connectivity index (χ1n) is 7.41. The minimum atomic E-state index is -3.56. The smallest absolute Gasteiger partial charge is 0.243 e. The molecule has 0 N–H and O–H groups in total. The Kier molecular flexibility index (Phi) is 4.48. The average Bonchev–Trinajstić information content (AvgIpc) is 2.56. The number of halogens is 1. The number of nitrogens with zero attached hydrogens (tertiary/aromatic N) is 1. The summed E-state index contributed by atoms with van der Waals surface area (Å²) in [7, 11) is -3.56. The van der Waals surface area contributed by atoms with Crippen LogP contribution in [0.25, 0.3) is 0 Å². The molecule has 4 nitrogen and oxygen atoms in total. The summed E-state index contributed by atoms with van der Waals surface area (Å²) >= 11 is 0. The molecule has 1 aliphatic rings. The molecular formula is C17H18FNO3S. The van der Waals surface area contributed by atoms with Crippen LogP contribution in [-0.2, 0) is 14.8 Å². The van der Waals surface area contributed by atoms with E-state index in [-0.39, 0.29) is 18.5 Å². The summed E-state index contributed by atoms with van der Waals surface area (Å²) < 4.78 is 45.8. The Hall–Kier alpha value is -1.76. The molecule has 0 aliphatic carbocycles. The zero-order valence-corrected chi connectivity index (χ0v) is 13.6. The van der Waals surface area contributed by atoms with Crippen LogP contribution in [0.5, 0.6) is 0 Å². The first-order valence-corrected chi connectivity index (χ1v) is 8.85. The largest absolute Gasteiger partial charge is 0.371 e. The minimum Gasteiger partial charge on any atom is -0.371 e. The van der Waals surface area contributed by atoms with Gasteiger partial charge in [-0.1, -0.05) is 30.3 Å². The van der Waals surface area contributed by atoms with Crippen molar-refractivity contribution in [3.63, 3.8) is 0 Å². The van der Waals surface area contributed by atoms with Crippen LogP contribution in [0.15, 0.2) is 53.4 Å². The molecular weight excluding hydrogens is 317 g/mol. The van der Waals surface area contributed by atoms with Gasteiger partial charge in [-0.25, -0.2) is 12.8 Å². The second-order valence-corrected chi connectivity index (χ2v) is 7.45. The molecule has 1 aliphatic heterocycles. The van der Waals surface area contributed by atoms with Gasteiger partial charge in [-0.2, -0.15) is 4.31 Å². The van der Waals surface area contributed by atoms with Crippen molar-refractivity contribution in [1.29, 1.82) is 0 Å². The van der Waals surface area contributed by atoms with Crippen molar-refractivity contribution in [2.24, 2.45) is 0 Å². The van der Waals surface area contributed by atoms with Crippen molar-refractivity contribution in [3.8, 4) is 0 Å². The van der Waals surface area contributed by atoms with E-state index in [2.05, 4.69) is 0 Å². The number of ether oxygens (including phenoxy) is 1. The summed E-state index contributed by atoms with van der Waals surface area (Å²) in [5, 5.41) is 0. The molecule has 3 rings (SSSR count). The van der Waals surface area contributed by atoms with Gasteiger partial charge in [0.15, 0.2) is 0 Å². The van der Waals surface area contributed by atoms with Gasteiger partial charge >= 0.3 is 0 Å². The SMILES string of the molecule is Cc1ccccc1S(=O)(=O)N1CCOC(c2ccc(F)cc2)C1. The molecule has 23 heavy (non-hydrogen) atoms. The quantitative estimate of drug-likeness (QED) is 0.866. The minimum absolute atomic E-state index is 0.225. The maximum atomic E-state index is 13.0. The third-order valence-electron chi connectivity index (χ3n) is 3.98. The Balaban J connectivity index is 1.86. The molecule has 2 aromatic carbocycles. The average molecular weight is 335 g/mol. The molecule has 0 radical (unpaired) electrons. The fourth-order valence-electron chi connectivity index (χ4n) is 2.71. The topological polar surface area (TPSA) is 46.6 Å². The number of rotatable bonds is 3. The van der Waals surface area contributed by atoms with Gasteiger partial charge in [-0.15, -0.1) is 0 Å². The Morgan fingerprint density at radius 3 is 2.52 bits per heavy atom. The van der Waals surface area contributed by atoms with Crippen molar-refractivity contribution in [3.05, 3.63) is 65.5 Å². The van der Waals surface area contributed by atoms with E-state index in [1.807, 2.05) is 6.07 Å². The van der Waals surface area contributed by atoms with Crippen LogP contribution in [0.3, 0.4) is 0 Å². The van der Waals surface area contributed by atoms with Crippen LogP contribution in [0.4, 0.5) is 4.39 Å². The maximum Gasteiger partial charge on any atom is 0.243 e. The lowest BCUT2D eigenvalue weighted by Crippen LogP contribution is -2.42.